The van der Waals surface area contributed by atoms with Crippen LogP contribution in [-0.2, 0) is 9.53 Å². The standard InChI is InChI=1S/C8H11NO3/c10-7-5-3-1-2-4-6(5)9-8(11)12-7/h5-6H,1-4H2,(H,9,11). The van der Waals surface area contributed by atoms with Gasteiger partial charge in [-0.3, -0.25) is 4.79 Å². The summed E-state index contributed by atoms with van der Waals surface area (Å²) < 4.78 is 4.47. The quantitative estimate of drug-likeness (QED) is 0.431. The Kier molecular flexibility index (Phi) is 1.75. The van der Waals surface area contributed by atoms with Crippen LogP contribution >= 0.6 is 0 Å². The van der Waals surface area contributed by atoms with E-state index < -0.39 is 6.09 Å². The molecule has 2 rings (SSSR count). The van der Waals surface area contributed by atoms with Crippen molar-refractivity contribution in [3.63, 3.8) is 0 Å². The molecule has 1 aliphatic heterocycles. The molecule has 1 saturated heterocycles. The molecule has 2 unspecified atom stereocenters. The van der Waals surface area contributed by atoms with Crippen molar-refractivity contribution in [2.45, 2.75) is 31.7 Å². The maximum absolute atomic E-state index is 11.2. The van der Waals surface area contributed by atoms with Crippen molar-refractivity contribution in [1.29, 1.82) is 0 Å². The van der Waals surface area contributed by atoms with Gasteiger partial charge < -0.3 is 10.1 Å². The Bertz CT molecular complexity index is 226. The zero-order valence-corrected chi connectivity index (χ0v) is 6.71. The van der Waals surface area contributed by atoms with Gasteiger partial charge in [-0.15, -0.1) is 0 Å². The second-order valence-electron chi connectivity index (χ2n) is 3.35. The first-order valence-electron chi connectivity index (χ1n) is 4.29. The van der Waals surface area contributed by atoms with Crippen LogP contribution in [0.3, 0.4) is 0 Å². The summed E-state index contributed by atoms with van der Waals surface area (Å²) in [7, 11) is 0. The third kappa shape index (κ3) is 1.17. The van der Waals surface area contributed by atoms with E-state index in [2.05, 4.69) is 10.1 Å². The minimum absolute atomic E-state index is 0.0347. The molecule has 0 radical (unpaired) electrons. The van der Waals surface area contributed by atoms with Crippen LogP contribution in [0.2, 0.25) is 0 Å². The van der Waals surface area contributed by atoms with Gasteiger partial charge in [0, 0.05) is 6.04 Å². The number of amides is 1. The highest BCUT2D eigenvalue weighted by Gasteiger charge is 2.38. The number of hydrogen-bond donors (Lipinski definition) is 1. The minimum atomic E-state index is -0.580. The predicted octanol–water partition coefficient (Wildman–Crippen LogP) is 0.812. The summed E-state index contributed by atoms with van der Waals surface area (Å²) in [4.78, 5) is 21.9. The van der Waals surface area contributed by atoms with Gasteiger partial charge in [0.15, 0.2) is 0 Å². The van der Waals surface area contributed by atoms with Crippen LogP contribution in [0.25, 0.3) is 0 Å². The molecule has 0 aromatic heterocycles. The van der Waals surface area contributed by atoms with Crippen LogP contribution in [0.5, 0.6) is 0 Å². The van der Waals surface area contributed by atoms with E-state index in [9.17, 15) is 9.59 Å². The van der Waals surface area contributed by atoms with Gasteiger partial charge in [0.1, 0.15) is 0 Å². The molecule has 0 bridgehead atoms. The van der Waals surface area contributed by atoms with E-state index in [0.717, 1.165) is 25.7 Å². The molecule has 1 N–H and O–H groups in total. The molecule has 12 heavy (non-hydrogen) atoms. The van der Waals surface area contributed by atoms with E-state index in [1.54, 1.807) is 0 Å². The summed E-state index contributed by atoms with van der Waals surface area (Å²) in [5.74, 6) is -0.431. The zero-order chi connectivity index (χ0) is 8.55. The summed E-state index contributed by atoms with van der Waals surface area (Å²) >= 11 is 0. The second-order valence-corrected chi connectivity index (χ2v) is 3.35. The van der Waals surface area contributed by atoms with Crippen LogP contribution in [0.1, 0.15) is 25.7 Å². The van der Waals surface area contributed by atoms with Gasteiger partial charge in [0.05, 0.1) is 5.92 Å². The van der Waals surface area contributed by atoms with Gasteiger partial charge in [-0.1, -0.05) is 12.8 Å². The molecule has 2 aliphatic rings. The Balaban J connectivity index is 2.11. The highest BCUT2D eigenvalue weighted by Crippen LogP contribution is 2.27. The summed E-state index contributed by atoms with van der Waals surface area (Å²) in [6.45, 7) is 0. The minimum Gasteiger partial charge on any atom is -0.376 e. The number of rotatable bonds is 0. The third-order valence-corrected chi connectivity index (χ3v) is 2.57. The summed E-state index contributed by atoms with van der Waals surface area (Å²) in [6, 6.07) is 0.0347. The lowest BCUT2D eigenvalue weighted by molar-refractivity contribution is -0.147. The number of ether oxygens (including phenoxy) is 1. The second kappa shape index (κ2) is 2.77. The number of carbonyl (C=O) groups is 2. The number of carbonyl (C=O) groups excluding carboxylic acids is 2. The molecule has 4 nitrogen and oxygen atoms in total. The first-order valence-corrected chi connectivity index (χ1v) is 4.29. The number of fused-ring (bicyclic) bond motifs is 1. The summed E-state index contributed by atoms with van der Waals surface area (Å²) in [6.07, 6.45) is 3.33. The fourth-order valence-corrected chi connectivity index (χ4v) is 1.93. The lowest BCUT2D eigenvalue weighted by Gasteiger charge is -2.33. The van der Waals surface area contributed by atoms with Gasteiger partial charge in [-0.25, -0.2) is 4.79 Å². The molecule has 2 atom stereocenters. The molecule has 66 valence electrons. The van der Waals surface area contributed by atoms with E-state index >= 15 is 0 Å². The maximum atomic E-state index is 11.2. The molecule has 1 amide bonds. The molecule has 0 aromatic carbocycles. The molecule has 1 saturated carbocycles. The highest BCUT2D eigenvalue weighted by atomic mass is 16.6. The van der Waals surface area contributed by atoms with E-state index in [0.29, 0.717) is 0 Å². The topological polar surface area (TPSA) is 55.4 Å². The average Bonchev–Trinajstić information content (AvgIpc) is 2.04. The lowest BCUT2D eigenvalue weighted by Crippen LogP contribution is -2.51. The Morgan fingerprint density at radius 3 is 2.83 bits per heavy atom. The summed E-state index contributed by atoms with van der Waals surface area (Å²) in [5.41, 5.74) is 0. The molecule has 1 aliphatic carbocycles. The summed E-state index contributed by atoms with van der Waals surface area (Å²) in [5, 5.41) is 2.67. The van der Waals surface area contributed by atoms with E-state index in [4.69, 9.17) is 0 Å². The first kappa shape index (κ1) is 7.58. The van der Waals surface area contributed by atoms with Gasteiger partial charge >= 0.3 is 12.1 Å². The van der Waals surface area contributed by atoms with Crippen LogP contribution in [0.4, 0.5) is 4.79 Å². The van der Waals surface area contributed by atoms with E-state index in [1.807, 2.05) is 0 Å². The van der Waals surface area contributed by atoms with Gasteiger partial charge in [0.2, 0.25) is 0 Å². The number of nitrogens with one attached hydrogen (secondary N) is 1. The smallest absolute Gasteiger partial charge is 0.376 e. The van der Waals surface area contributed by atoms with Crippen molar-refractivity contribution in [3.8, 4) is 0 Å². The van der Waals surface area contributed by atoms with E-state index in [-0.39, 0.29) is 17.9 Å². The number of cyclic esters (lactones) is 2. The van der Waals surface area contributed by atoms with Crippen molar-refractivity contribution >= 4 is 12.1 Å². The fourth-order valence-electron chi connectivity index (χ4n) is 1.93. The Morgan fingerprint density at radius 1 is 1.25 bits per heavy atom. The van der Waals surface area contributed by atoms with Crippen LogP contribution in [0, 0.1) is 5.92 Å². The average molecular weight is 169 g/mol. The van der Waals surface area contributed by atoms with Crippen LogP contribution in [-0.4, -0.2) is 18.1 Å². The largest absolute Gasteiger partial charge is 0.415 e. The zero-order valence-electron chi connectivity index (χ0n) is 6.71. The molecular weight excluding hydrogens is 158 g/mol. The lowest BCUT2D eigenvalue weighted by atomic mass is 9.84. The monoisotopic (exact) mass is 169 g/mol. The van der Waals surface area contributed by atoms with Gasteiger partial charge in [-0.05, 0) is 12.8 Å². The van der Waals surface area contributed by atoms with Crippen LogP contribution in [0.15, 0.2) is 0 Å². The van der Waals surface area contributed by atoms with Crippen molar-refractivity contribution < 1.29 is 14.3 Å². The van der Waals surface area contributed by atoms with Crippen molar-refractivity contribution in [3.05, 3.63) is 0 Å². The van der Waals surface area contributed by atoms with Crippen molar-refractivity contribution in [1.82, 2.24) is 5.32 Å². The maximum Gasteiger partial charge on any atom is 0.415 e. The SMILES string of the molecule is O=C1NC2CCCCC2C(=O)O1. The molecular formula is C8H11NO3. The number of alkyl carbamates (subject to hydrolysis) is 1. The normalized spacial score (nSPS) is 35.0. The molecule has 1 heterocycles. The molecule has 2 fully saturated rings. The number of hydrogen-bond acceptors (Lipinski definition) is 3. The molecule has 4 heteroatoms. The third-order valence-electron chi connectivity index (χ3n) is 2.57. The van der Waals surface area contributed by atoms with E-state index in [1.165, 1.54) is 0 Å². The van der Waals surface area contributed by atoms with Crippen molar-refractivity contribution in [2.75, 3.05) is 0 Å². The van der Waals surface area contributed by atoms with Gasteiger partial charge in [0.25, 0.3) is 0 Å². The van der Waals surface area contributed by atoms with Gasteiger partial charge in [-0.2, -0.15) is 0 Å². The Hall–Kier alpha value is -1.06. The predicted molar refractivity (Wildman–Crippen MR) is 40.4 cm³/mol. The first-order chi connectivity index (χ1) is 5.77. The van der Waals surface area contributed by atoms with Crippen LogP contribution < -0.4 is 5.32 Å². The van der Waals surface area contributed by atoms with Crippen molar-refractivity contribution in [2.24, 2.45) is 5.92 Å². The Morgan fingerprint density at radius 2 is 2.00 bits per heavy atom. The Labute approximate surface area is 70.3 Å². The highest BCUT2D eigenvalue weighted by molar-refractivity contribution is 5.89. The fraction of sp³-hybridized carbons (Fsp3) is 0.750. The molecule has 0 spiro atoms. The molecule has 0 aromatic rings. The number of esters is 1.